The molecular weight excluding hydrogens is 436 g/mol. The van der Waals surface area contributed by atoms with E-state index in [0.717, 1.165) is 42.9 Å². The summed E-state index contributed by atoms with van der Waals surface area (Å²) in [6, 6.07) is 6.31. The summed E-state index contributed by atoms with van der Waals surface area (Å²) in [6.45, 7) is 6.15. The molecule has 0 unspecified atom stereocenters. The first-order chi connectivity index (χ1) is 14.8. The van der Waals surface area contributed by atoms with Crippen LogP contribution in [0.2, 0.25) is 0 Å². The molecule has 1 aromatic rings. The molecule has 0 amide bonds. The van der Waals surface area contributed by atoms with Gasteiger partial charge >= 0.3 is 0 Å². The van der Waals surface area contributed by atoms with E-state index in [-0.39, 0.29) is 0 Å². The fourth-order valence-corrected chi connectivity index (χ4v) is 4.05. The Hall–Kier alpha value is -0.700. The smallest absolute Gasteiger partial charge is 0.123 e. The van der Waals surface area contributed by atoms with Crippen molar-refractivity contribution in [3.8, 4) is 11.5 Å². The molecule has 0 aliphatic carbocycles. The van der Waals surface area contributed by atoms with E-state index >= 15 is 0 Å². The molecule has 0 heterocycles. The zero-order valence-electron chi connectivity index (χ0n) is 19.9. The topological polar surface area (TPSA) is 18.5 Å². The van der Waals surface area contributed by atoms with Crippen LogP contribution in [0.4, 0.5) is 0 Å². The number of ether oxygens (including phenoxy) is 2. The van der Waals surface area contributed by atoms with Gasteiger partial charge in [0.05, 0.1) is 13.2 Å². The number of halogens is 1. The van der Waals surface area contributed by atoms with E-state index < -0.39 is 0 Å². The zero-order chi connectivity index (χ0) is 21.7. The molecule has 0 spiro atoms. The van der Waals surface area contributed by atoms with Crippen molar-refractivity contribution < 1.29 is 9.47 Å². The van der Waals surface area contributed by atoms with Gasteiger partial charge in [-0.15, -0.1) is 0 Å². The van der Waals surface area contributed by atoms with Gasteiger partial charge in [0, 0.05) is 11.4 Å². The highest BCUT2D eigenvalue weighted by Gasteiger charge is 2.04. The van der Waals surface area contributed by atoms with Gasteiger partial charge in [0.2, 0.25) is 0 Å². The third-order valence-corrected chi connectivity index (χ3v) is 6.27. The van der Waals surface area contributed by atoms with Crippen molar-refractivity contribution in [1.82, 2.24) is 0 Å². The van der Waals surface area contributed by atoms with Gasteiger partial charge in [-0.3, -0.25) is 0 Å². The van der Waals surface area contributed by atoms with Crippen molar-refractivity contribution in [3.63, 3.8) is 0 Å². The summed E-state index contributed by atoms with van der Waals surface area (Å²) in [7, 11) is 0. The maximum atomic E-state index is 6.03. The molecule has 0 aliphatic rings. The highest BCUT2D eigenvalue weighted by Crippen LogP contribution is 2.25. The summed E-state index contributed by atoms with van der Waals surface area (Å²) >= 11 is 3.57. The van der Waals surface area contributed by atoms with E-state index in [4.69, 9.17) is 9.47 Å². The Morgan fingerprint density at radius 1 is 0.533 bits per heavy atom. The Bertz CT molecular complexity index is 463. The standard InChI is InChI=1S/C27H47BrO2/c1-3-5-7-9-11-13-15-17-19-29-26-21-25(24-28)22-27(23-26)30-20-18-16-14-12-10-8-6-4-2/h21-23H,3-20,24H2,1-2H3. The number of alkyl halides is 1. The predicted octanol–water partition coefficient (Wildman–Crippen LogP) is 9.62. The van der Waals surface area contributed by atoms with Crippen LogP contribution in [0.1, 0.15) is 122 Å². The minimum Gasteiger partial charge on any atom is -0.493 e. The van der Waals surface area contributed by atoms with Gasteiger partial charge in [-0.25, -0.2) is 0 Å². The van der Waals surface area contributed by atoms with Gasteiger partial charge in [-0.2, -0.15) is 0 Å². The van der Waals surface area contributed by atoms with E-state index in [1.165, 1.54) is 95.5 Å². The average Bonchev–Trinajstić information content (AvgIpc) is 2.76. The first-order valence-electron chi connectivity index (χ1n) is 12.8. The second-order valence-electron chi connectivity index (χ2n) is 8.59. The molecule has 0 bridgehead atoms. The molecule has 0 fully saturated rings. The third-order valence-electron chi connectivity index (χ3n) is 5.63. The summed E-state index contributed by atoms with van der Waals surface area (Å²) in [6.07, 6.45) is 21.2. The van der Waals surface area contributed by atoms with Crippen LogP contribution in [-0.4, -0.2) is 13.2 Å². The molecule has 3 heteroatoms. The molecular formula is C27H47BrO2. The Kier molecular flexibility index (Phi) is 18.4. The van der Waals surface area contributed by atoms with Crippen molar-refractivity contribution in [2.45, 2.75) is 122 Å². The normalized spacial score (nSPS) is 11.0. The second-order valence-corrected chi connectivity index (χ2v) is 9.15. The van der Waals surface area contributed by atoms with Crippen LogP contribution in [0.5, 0.6) is 11.5 Å². The summed E-state index contributed by atoms with van der Waals surface area (Å²) in [4.78, 5) is 0. The molecule has 0 aliphatic heterocycles. The van der Waals surface area contributed by atoms with Crippen LogP contribution in [0, 0.1) is 0 Å². The van der Waals surface area contributed by atoms with Crippen molar-refractivity contribution in [2.24, 2.45) is 0 Å². The highest BCUT2D eigenvalue weighted by atomic mass is 79.9. The van der Waals surface area contributed by atoms with Gasteiger partial charge in [0.25, 0.3) is 0 Å². The van der Waals surface area contributed by atoms with Gasteiger partial charge in [0.15, 0.2) is 0 Å². The van der Waals surface area contributed by atoms with Crippen LogP contribution in [0.25, 0.3) is 0 Å². The third kappa shape index (κ3) is 15.2. The maximum Gasteiger partial charge on any atom is 0.123 e. The molecule has 0 saturated carbocycles. The summed E-state index contributed by atoms with van der Waals surface area (Å²) in [5.74, 6) is 1.89. The predicted molar refractivity (Wildman–Crippen MR) is 135 cm³/mol. The molecule has 0 aromatic heterocycles. The first-order valence-corrected chi connectivity index (χ1v) is 13.9. The summed E-state index contributed by atoms with van der Waals surface area (Å²) < 4.78 is 12.1. The van der Waals surface area contributed by atoms with Crippen molar-refractivity contribution in [3.05, 3.63) is 23.8 Å². The summed E-state index contributed by atoms with van der Waals surface area (Å²) in [5.41, 5.74) is 1.22. The van der Waals surface area contributed by atoms with Crippen molar-refractivity contribution in [2.75, 3.05) is 13.2 Å². The number of unbranched alkanes of at least 4 members (excludes halogenated alkanes) is 14. The molecule has 30 heavy (non-hydrogen) atoms. The lowest BCUT2D eigenvalue weighted by atomic mass is 10.1. The molecule has 174 valence electrons. The molecule has 1 aromatic carbocycles. The van der Waals surface area contributed by atoms with Crippen LogP contribution >= 0.6 is 15.9 Å². The Morgan fingerprint density at radius 3 is 1.27 bits per heavy atom. The molecule has 0 atom stereocenters. The zero-order valence-corrected chi connectivity index (χ0v) is 21.4. The molecule has 0 N–H and O–H groups in total. The second kappa shape index (κ2) is 20.2. The van der Waals surface area contributed by atoms with Gasteiger partial charge in [-0.1, -0.05) is 120 Å². The molecule has 1 rings (SSSR count). The van der Waals surface area contributed by atoms with Crippen LogP contribution in [0.15, 0.2) is 18.2 Å². The van der Waals surface area contributed by atoms with Gasteiger partial charge in [-0.05, 0) is 30.5 Å². The fraction of sp³-hybridized carbons (Fsp3) is 0.778. The van der Waals surface area contributed by atoms with E-state index in [9.17, 15) is 0 Å². The number of hydrogen-bond acceptors (Lipinski definition) is 2. The SMILES string of the molecule is CCCCCCCCCCOc1cc(CBr)cc(OCCCCCCCCCC)c1. The van der Waals surface area contributed by atoms with Crippen LogP contribution < -0.4 is 9.47 Å². The maximum absolute atomic E-state index is 6.03. The number of benzene rings is 1. The van der Waals surface area contributed by atoms with Gasteiger partial charge in [0.1, 0.15) is 11.5 Å². The highest BCUT2D eigenvalue weighted by molar-refractivity contribution is 9.08. The lowest BCUT2D eigenvalue weighted by molar-refractivity contribution is 0.289. The largest absolute Gasteiger partial charge is 0.493 e. The Labute approximate surface area is 195 Å². The van der Waals surface area contributed by atoms with E-state index in [2.05, 4.69) is 48.0 Å². The molecule has 0 saturated heterocycles. The molecule has 2 nitrogen and oxygen atoms in total. The number of rotatable bonds is 21. The monoisotopic (exact) mass is 482 g/mol. The first kappa shape index (κ1) is 27.3. The quantitative estimate of drug-likeness (QED) is 0.128. The van der Waals surface area contributed by atoms with Crippen LogP contribution in [-0.2, 0) is 5.33 Å². The minimum absolute atomic E-state index is 0.804. The Morgan fingerprint density at radius 2 is 0.900 bits per heavy atom. The van der Waals surface area contributed by atoms with E-state index in [1.54, 1.807) is 0 Å². The average molecular weight is 484 g/mol. The number of hydrogen-bond donors (Lipinski definition) is 0. The Balaban J connectivity index is 2.17. The van der Waals surface area contributed by atoms with E-state index in [0.29, 0.717) is 0 Å². The van der Waals surface area contributed by atoms with Crippen molar-refractivity contribution >= 4 is 15.9 Å². The summed E-state index contributed by atoms with van der Waals surface area (Å²) in [5, 5.41) is 0.829. The van der Waals surface area contributed by atoms with E-state index in [1.807, 2.05) is 0 Å². The van der Waals surface area contributed by atoms with Crippen molar-refractivity contribution in [1.29, 1.82) is 0 Å². The van der Waals surface area contributed by atoms with Crippen LogP contribution in [0.3, 0.4) is 0 Å². The van der Waals surface area contributed by atoms with Gasteiger partial charge < -0.3 is 9.47 Å². The molecule has 0 radical (unpaired) electrons. The fourth-order valence-electron chi connectivity index (χ4n) is 3.73. The lowest BCUT2D eigenvalue weighted by Crippen LogP contribution is -2.01. The lowest BCUT2D eigenvalue weighted by Gasteiger charge is -2.12. The minimum atomic E-state index is 0.804.